The molecule has 0 aliphatic carbocycles. The smallest absolute Gasteiger partial charge is 0.550 e. The van der Waals surface area contributed by atoms with E-state index in [-0.39, 0.29) is 72.0 Å². The molecule has 0 bridgehead atoms. The Morgan fingerprint density at radius 1 is 0.640 bits per heavy atom. The van der Waals surface area contributed by atoms with Crippen molar-refractivity contribution in [1.29, 1.82) is 0 Å². The number of aliphatic carboxylic acids is 2. The van der Waals surface area contributed by atoms with E-state index < -0.39 is 11.9 Å². The number of hydrogen-bond donors (Lipinski definition) is 1. The van der Waals surface area contributed by atoms with Crippen molar-refractivity contribution < 1.29 is 78.9 Å². The predicted molar refractivity (Wildman–Crippen MR) is 91.5 cm³/mol. The summed E-state index contributed by atoms with van der Waals surface area (Å²) in [7, 11) is 0. The SMILES string of the molecule is CCC(=O)[O-].CCC(=O)[O-].CCCCCCCCCCCCN.[Na+].[Na+]. The van der Waals surface area contributed by atoms with Crippen LogP contribution in [0.3, 0.4) is 0 Å². The van der Waals surface area contributed by atoms with E-state index in [1.807, 2.05) is 0 Å². The second-order valence-electron chi connectivity index (χ2n) is 5.42. The van der Waals surface area contributed by atoms with Gasteiger partial charge in [0.05, 0.1) is 0 Å². The fraction of sp³-hybridized carbons (Fsp3) is 0.889. The molecule has 0 heterocycles. The number of rotatable bonds is 12. The number of carboxylic acids is 2. The van der Waals surface area contributed by atoms with Gasteiger partial charge in [0.25, 0.3) is 0 Å². The molecule has 0 atom stereocenters. The van der Waals surface area contributed by atoms with Gasteiger partial charge in [0.2, 0.25) is 0 Å². The molecule has 0 aromatic carbocycles. The summed E-state index contributed by atoms with van der Waals surface area (Å²) in [5.74, 6) is -1.99. The molecule has 5 nitrogen and oxygen atoms in total. The van der Waals surface area contributed by atoms with Gasteiger partial charge in [0.15, 0.2) is 0 Å². The van der Waals surface area contributed by atoms with Crippen LogP contribution in [-0.2, 0) is 9.59 Å². The minimum atomic E-state index is -0.995. The molecule has 0 rings (SSSR count). The second-order valence-corrected chi connectivity index (χ2v) is 5.42. The van der Waals surface area contributed by atoms with Crippen LogP contribution in [0.5, 0.6) is 0 Å². The normalized spacial score (nSPS) is 8.48. The molecule has 0 aromatic heterocycles. The maximum absolute atomic E-state index is 9.26. The summed E-state index contributed by atoms with van der Waals surface area (Å²) in [6.45, 7) is 6.22. The Labute approximate surface area is 199 Å². The van der Waals surface area contributed by atoms with Gasteiger partial charge in [0.1, 0.15) is 0 Å². The molecule has 25 heavy (non-hydrogen) atoms. The fourth-order valence-corrected chi connectivity index (χ4v) is 1.63. The Balaban J connectivity index is -0.0000000933. The minimum Gasteiger partial charge on any atom is -0.550 e. The zero-order chi connectivity index (χ0) is 18.3. The second kappa shape index (κ2) is 35.9. The van der Waals surface area contributed by atoms with E-state index in [0.29, 0.717) is 0 Å². The van der Waals surface area contributed by atoms with Crippen molar-refractivity contribution in [2.24, 2.45) is 5.73 Å². The Kier molecular flexibility index (Phi) is 52.8. The number of nitrogens with two attached hydrogens (primary N) is 1. The molecule has 0 aromatic rings. The van der Waals surface area contributed by atoms with Gasteiger partial charge in [-0.25, -0.2) is 0 Å². The van der Waals surface area contributed by atoms with E-state index in [1.54, 1.807) is 0 Å². The molecular formula is C18H37NNa2O4. The molecule has 0 unspecified atom stereocenters. The van der Waals surface area contributed by atoms with Gasteiger partial charge in [-0.2, -0.15) is 0 Å². The summed E-state index contributed by atoms with van der Waals surface area (Å²) >= 11 is 0. The van der Waals surface area contributed by atoms with Gasteiger partial charge in [-0.15, -0.1) is 0 Å². The summed E-state index contributed by atoms with van der Waals surface area (Å²) in [4.78, 5) is 18.5. The van der Waals surface area contributed by atoms with Crippen LogP contribution < -0.4 is 75.1 Å². The number of unbranched alkanes of at least 4 members (excludes halogenated alkanes) is 9. The van der Waals surface area contributed by atoms with Crippen molar-refractivity contribution in [3.8, 4) is 0 Å². The van der Waals surface area contributed by atoms with Crippen LogP contribution in [0.2, 0.25) is 0 Å². The van der Waals surface area contributed by atoms with Crippen molar-refractivity contribution in [3.63, 3.8) is 0 Å². The standard InChI is InChI=1S/C12H27N.2C3H6O2.2Na/c1-2-3-4-5-6-7-8-9-10-11-12-13;2*1-2-3(4)5;;/h2-13H2,1H3;2*2H2,1H3,(H,4,5);;/q;;;2*+1/p-2. The average Bonchev–Trinajstić information content (AvgIpc) is 2.54. The monoisotopic (exact) mass is 377 g/mol. The number of carbonyl (C=O) groups excluding carboxylic acids is 2. The predicted octanol–water partition coefficient (Wildman–Crippen LogP) is -3.83. The van der Waals surface area contributed by atoms with Crippen molar-refractivity contribution in [3.05, 3.63) is 0 Å². The molecule has 2 N–H and O–H groups in total. The fourth-order valence-electron chi connectivity index (χ4n) is 1.63. The van der Waals surface area contributed by atoms with Crippen LogP contribution in [0, 0.1) is 0 Å². The molecule has 7 heteroatoms. The van der Waals surface area contributed by atoms with Crippen molar-refractivity contribution >= 4 is 11.9 Å². The van der Waals surface area contributed by atoms with Crippen molar-refractivity contribution in [2.75, 3.05) is 6.54 Å². The summed E-state index contributed by atoms with van der Waals surface area (Å²) in [6.07, 6.45) is 14.2. The zero-order valence-corrected chi connectivity index (χ0v) is 21.4. The van der Waals surface area contributed by atoms with E-state index >= 15 is 0 Å². The zero-order valence-electron chi connectivity index (χ0n) is 17.4. The summed E-state index contributed by atoms with van der Waals surface area (Å²) < 4.78 is 0. The maximum atomic E-state index is 9.26. The quantitative estimate of drug-likeness (QED) is 0.277. The molecule has 0 saturated heterocycles. The molecule has 0 aliphatic heterocycles. The van der Waals surface area contributed by atoms with Gasteiger partial charge in [0, 0.05) is 11.9 Å². The first-order valence-electron chi connectivity index (χ1n) is 9.05. The van der Waals surface area contributed by atoms with E-state index in [4.69, 9.17) is 5.73 Å². The van der Waals surface area contributed by atoms with E-state index in [9.17, 15) is 19.8 Å². The van der Waals surface area contributed by atoms with Crippen LogP contribution in [-0.4, -0.2) is 18.5 Å². The minimum absolute atomic E-state index is 0. The average molecular weight is 377 g/mol. The Morgan fingerprint density at radius 2 is 0.880 bits per heavy atom. The van der Waals surface area contributed by atoms with Gasteiger partial charge >= 0.3 is 59.1 Å². The van der Waals surface area contributed by atoms with Crippen LogP contribution >= 0.6 is 0 Å². The van der Waals surface area contributed by atoms with Gasteiger partial charge in [-0.3, -0.25) is 0 Å². The van der Waals surface area contributed by atoms with Gasteiger partial charge in [-0.05, 0) is 25.8 Å². The first kappa shape index (κ1) is 36.8. The maximum Gasteiger partial charge on any atom is 1.00 e. The summed E-state index contributed by atoms with van der Waals surface area (Å²) in [6, 6.07) is 0. The molecule has 140 valence electrons. The molecule has 0 radical (unpaired) electrons. The summed E-state index contributed by atoms with van der Waals surface area (Å²) in [5.41, 5.74) is 5.42. The molecule has 0 amide bonds. The van der Waals surface area contributed by atoms with Crippen LogP contribution in [0.1, 0.15) is 97.8 Å². The first-order valence-corrected chi connectivity index (χ1v) is 9.05. The number of carboxylic acid groups (broad SMARTS) is 2. The van der Waals surface area contributed by atoms with Crippen LogP contribution in [0.4, 0.5) is 0 Å². The van der Waals surface area contributed by atoms with Crippen molar-refractivity contribution in [2.45, 2.75) is 97.8 Å². The first-order chi connectivity index (χ1) is 11.0. The molecule has 0 fully saturated rings. The van der Waals surface area contributed by atoms with Gasteiger partial charge in [-0.1, -0.05) is 78.6 Å². The molecule has 0 saturated carbocycles. The van der Waals surface area contributed by atoms with Crippen molar-refractivity contribution in [1.82, 2.24) is 0 Å². The Hall–Kier alpha value is 0.900. The molecular weight excluding hydrogens is 340 g/mol. The number of hydrogen-bond acceptors (Lipinski definition) is 5. The third-order valence-corrected chi connectivity index (χ3v) is 3.14. The largest absolute Gasteiger partial charge is 1.00 e. The van der Waals surface area contributed by atoms with Crippen LogP contribution in [0.15, 0.2) is 0 Å². The van der Waals surface area contributed by atoms with E-state index in [2.05, 4.69) is 6.92 Å². The third-order valence-electron chi connectivity index (χ3n) is 3.14. The van der Waals surface area contributed by atoms with Gasteiger partial charge < -0.3 is 25.5 Å². The molecule has 0 spiro atoms. The number of carbonyl (C=O) groups is 2. The Morgan fingerprint density at radius 3 is 1.08 bits per heavy atom. The molecule has 0 aliphatic rings. The van der Waals surface area contributed by atoms with Crippen LogP contribution in [0.25, 0.3) is 0 Å². The van der Waals surface area contributed by atoms with E-state index in [0.717, 1.165) is 6.54 Å². The topological polar surface area (TPSA) is 106 Å². The van der Waals surface area contributed by atoms with E-state index in [1.165, 1.54) is 78.1 Å². The third kappa shape index (κ3) is 58.8. The summed E-state index contributed by atoms with van der Waals surface area (Å²) in [5, 5.41) is 18.5. The Bertz CT molecular complexity index is 231.